The maximum absolute atomic E-state index is 8.07. The molecule has 0 fully saturated rings. The van der Waals surface area contributed by atoms with Crippen molar-refractivity contribution in [3.8, 4) is 0 Å². The highest BCUT2D eigenvalue weighted by Gasteiger charge is 1.89. The molecular weight excluding hydrogens is 116 g/mol. The van der Waals surface area contributed by atoms with E-state index in [4.69, 9.17) is 10.9 Å². The van der Waals surface area contributed by atoms with E-state index in [0.717, 1.165) is 12.8 Å². The van der Waals surface area contributed by atoms with Crippen LogP contribution in [0.3, 0.4) is 0 Å². The molecule has 9 heavy (non-hydrogen) atoms. The van der Waals surface area contributed by atoms with Crippen LogP contribution < -0.4 is 5.73 Å². The van der Waals surface area contributed by atoms with Gasteiger partial charge in [-0.1, -0.05) is 11.2 Å². The lowest BCUT2D eigenvalue weighted by Crippen LogP contribution is -2.10. The quantitative estimate of drug-likeness (QED) is 0.149. The number of hydrogen-bond acceptors (Lipinski definition) is 2. The molecule has 3 N–H and O–H groups in total. The molecule has 0 amide bonds. The minimum atomic E-state index is 0.289. The number of hydrogen-bond donors (Lipinski definition) is 2. The monoisotopic (exact) mass is 128 g/mol. The Bertz CT molecular complexity index is 110. The van der Waals surface area contributed by atoms with Crippen molar-refractivity contribution in [2.45, 2.75) is 19.3 Å². The Labute approximate surface area is 54.9 Å². The normalized spacial score (nSPS) is 11.3. The first-order valence-electron chi connectivity index (χ1n) is 2.88. The molecule has 0 aromatic carbocycles. The largest absolute Gasteiger partial charge is 0.409 e. The second kappa shape index (κ2) is 5.15. The van der Waals surface area contributed by atoms with Gasteiger partial charge in [-0.15, -0.1) is 6.58 Å². The van der Waals surface area contributed by atoms with Crippen molar-refractivity contribution in [2.24, 2.45) is 10.9 Å². The fourth-order valence-corrected chi connectivity index (χ4v) is 0.478. The molecule has 0 radical (unpaired) electrons. The van der Waals surface area contributed by atoms with E-state index in [1.54, 1.807) is 0 Å². The average molecular weight is 128 g/mol. The first-order chi connectivity index (χ1) is 4.31. The van der Waals surface area contributed by atoms with Crippen molar-refractivity contribution in [2.75, 3.05) is 0 Å². The molecule has 0 spiro atoms. The Morgan fingerprint density at radius 3 is 2.89 bits per heavy atom. The second-order valence-electron chi connectivity index (χ2n) is 1.77. The summed E-state index contributed by atoms with van der Waals surface area (Å²) in [4.78, 5) is 0. The Morgan fingerprint density at radius 1 is 1.78 bits per heavy atom. The predicted molar refractivity (Wildman–Crippen MR) is 37.5 cm³/mol. The molecule has 52 valence electrons. The van der Waals surface area contributed by atoms with Gasteiger partial charge in [0.05, 0.1) is 0 Å². The summed E-state index contributed by atoms with van der Waals surface area (Å²) in [6.07, 6.45) is 4.27. The molecule has 0 aliphatic heterocycles. The highest BCUT2D eigenvalue weighted by molar-refractivity contribution is 5.79. The van der Waals surface area contributed by atoms with E-state index < -0.39 is 0 Å². The summed E-state index contributed by atoms with van der Waals surface area (Å²) in [5.41, 5.74) is 5.18. The number of rotatable bonds is 4. The number of nitrogens with two attached hydrogens (primary N) is 1. The summed E-state index contributed by atoms with van der Waals surface area (Å²) in [5, 5.41) is 10.9. The van der Waals surface area contributed by atoms with Crippen LogP contribution in [0.15, 0.2) is 17.8 Å². The van der Waals surface area contributed by atoms with Gasteiger partial charge in [-0.3, -0.25) is 0 Å². The van der Waals surface area contributed by atoms with Crippen molar-refractivity contribution >= 4 is 5.84 Å². The van der Waals surface area contributed by atoms with Crippen LogP contribution in [0, 0.1) is 0 Å². The zero-order valence-electron chi connectivity index (χ0n) is 5.38. The molecule has 0 aromatic heterocycles. The summed E-state index contributed by atoms with van der Waals surface area (Å²) in [6.45, 7) is 3.54. The molecule has 0 aromatic rings. The smallest absolute Gasteiger partial charge is 0.139 e. The van der Waals surface area contributed by atoms with Crippen molar-refractivity contribution in [1.82, 2.24) is 0 Å². The predicted octanol–water partition coefficient (Wildman–Crippen LogP) is 1.09. The zero-order chi connectivity index (χ0) is 7.11. The molecule has 0 atom stereocenters. The van der Waals surface area contributed by atoms with Crippen LogP contribution in [0.25, 0.3) is 0 Å². The lowest BCUT2D eigenvalue weighted by atomic mass is 10.2. The first-order valence-corrected chi connectivity index (χ1v) is 2.88. The molecule has 0 aliphatic carbocycles. The van der Waals surface area contributed by atoms with Crippen LogP contribution in [0.4, 0.5) is 0 Å². The maximum atomic E-state index is 8.07. The van der Waals surface area contributed by atoms with E-state index >= 15 is 0 Å². The number of amidine groups is 1. The Kier molecular flexibility index (Phi) is 4.59. The molecule has 0 rings (SSSR count). The number of nitrogens with zero attached hydrogens (tertiary/aromatic N) is 1. The summed E-state index contributed by atoms with van der Waals surface area (Å²) in [6, 6.07) is 0. The van der Waals surface area contributed by atoms with E-state index in [2.05, 4.69) is 11.7 Å². The molecule has 0 bridgehead atoms. The van der Waals surface area contributed by atoms with Gasteiger partial charge < -0.3 is 10.9 Å². The van der Waals surface area contributed by atoms with Gasteiger partial charge in [0.25, 0.3) is 0 Å². The van der Waals surface area contributed by atoms with Crippen LogP contribution in [0.2, 0.25) is 0 Å². The van der Waals surface area contributed by atoms with Crippen LogP contribution in [-0.4, -0.2) is 11.0 Å². The molecular formula is C6H12N2O. The Morgan fingerprint density at radius 2 is 2.44 bits per heavy atom. The summed E-state index contributed by atoms with van der Waals surface area (Å²) >= 11 is 0. The van der Waals surface area contributed by atoms with E-state index in [1.165, 1.54) is 0 Å². The Hall–Kier alpha value is -0.990. The van der Waals surface area contributed by atoms with Crippen molar-refractivity contribution < 1.29 is 5.21 Å². The van der Waals surface area contributed by atoms with Gasteiger partial charge in [0, 0.05) is 6.42 Å². The number of oxime groups is 1. The maximum Gasteiger partial charge on any atom is 0.139 e. The highest BCUT2D eigenvalue weighted by atomic mass is 16.4. The molecule has 0 saturated heterocycles. The van der Waals surface area contributed by atoms with Crippen molar-refractivity contribution in [3.63, 3.8) is 0 Å². The summed E-state index contributed by atoms with van der Waals surface area (Å²) in [5.74, 6) is 0.289. The van der Waals surface area contributed by atoms with E-state index in [-0.39, 0.29) is 5.84 Å². The fraction of sp³-hybridized carbons (Fsp3) is 0.500. The molecule has 3 nitrogen and oxygen atoms in total. The fourth-order valence-electron chi connectivity index (χ4n) is 0.478. The topological polar surface area (TPSA) is 58.6 Å². The molecule has 0 heterocycles. The average Bonchev–Trinajstić information content (AvgIpc) is 1.89. The van der Waals surface area contributed by atoms with Gasteiger partial charge in [0.15, 0.2) is 0 Å². The third-order valence-electron chi connectivity index (χ3n) is 0.970. The standard InChI is InChI=1S/C6H12N2O/c1-2-3-4-5-6(7)8-9/h2,9H,1,3-5H2,(H2,7,8). The van der Waals surface area contributed by atoms with Crippen LogP contribution >= 0.6 is 0 Å². The van der Waals surface area contributed by atoms with E-state index in [9.17, 15) is 0 Å². The van der Waals surface area contributed by atoms with Gasteiger partial charge in [0.1, 0.15) is 5.84 Å². The minimum absolute atomic E-state index is 0.289. The third-order valence-corrected chi connectivity index (χ3v) is 0.970. The van der Waals surface area contributed by atoms with Crippen molar-refractivity contribution in [3.05, 3.63) is 12.7 Å². The first kappa shape index (κ1) is 8.01. The number of allylic oxidation sites excluding steroid dienone is 1. The Balaban J connectivity index is 3.17. The zero-order valence-corrected chi connectivity index (χ0v) is 5.38. The molecule has 0 unspecified atom stereocenters. The third kappa shape index (κ3) is 4.87. The van der Waals surface area contributed by atoms with Crippen molar-refractivity contribution in [1.29, 1.82) is 0 Å². The van der Waals surface area contributed by atoms with Gasteiger partial charge in [-0.25, -0.2) is 0 Å². The van der Waals surface area contributed by atoms with Crippen LogP contribution in [0.1, 0.15) is 19.3 Å². The molecule has 0 aliphatic rings. The SMILES string of the molecule is C=CCCC/C(N)=N\O. The summed E-state index contributed by atoms with van der Waals surface area (Å²) in [7, 11) is 0. The van der Waals surface area contributed by atoms with Crippen LogP contribution in [0.5, 0.6) is 0 Å². The van der Waals surface area contributed by atoms with Gasteiger partial charge in [0.2, 0.25) is 0 Å². The highest BCUT2D eigenvalue weighted by Crippen LogP contribution is 1.94. The van der Waals surface area contributed by atoms with Gasteiger partial charge >= 0.3 is 0 Å². The lowest BCUT2D eigenvalue weighted by Gasteiger charge is -1.92. The second-order valence-corrected chi connectivity index (χ2v) is 1.77. The van der Waals surface area contributed by atoms with Crippen LogP contribution in [-0.2, 0) is 0 Å². The van der Waals surface area contributed by atoms with Gasteiger partial charge in [-0.2, -0.15) is 0 Å². The molecule has 0 saturated carbocycles. The number of unbranched alkanes of at least 4 members (excludes halogenated alkanes) is 1. The minimum Gasteiger partial charge on any atom is -0.409 e. The molecule has 3 heteroatoms. The summed E-state index contributed by atoms with van der Waals surface area (Å²) < 4.78 is 0. The van der Waals surface area contributed by atoms with E-state index in [1.807, 2.05) is 6.08 Å². The van der Waals surface area contributed by atoms with Gasteiger partial charge in [-0.05, 0) is 12.8 Å². The van der Waals surface area contributed by atoms with E-state index in [0.29, 0.717) is 6.42 Å². The lowest BCUT2D eigenvalue weighted by molar-refractivity contribution is 0.316.